The second kappa shape index (κ2) is 12.2. The lowest BCUT2D eigenvalue weighted by molar-refractivity contribution is 0.342. The van der Waals surface area contributed by atoms with E-state index in [0.29, 0.717) is 5.92 Å². The fourth-order valence-electron chi connectivity index (χ4n) is 2.56. The van der Waals surface area contributed by atoms with Crippen LogP contribution in [0.5, 0.6) is 0 Å². The van der Waals surface area contributed by atoms with Crippen molar-refractivity contribution in [3.8, 4) is 0 Å². The first-order valence-electron chi connectivity index (χ1n) is 8.31. The van der Waals surface area contributed by atoms with Crippen LogP contribution in [0.3, 0.4) is 0 Å². The maximum absolute atomic E-state index is 8.71. The zero-order valence-electron chi connectivity index (χ0n) is 15.3. The second-order valence-corrected chi connectivity index (χ2v) is 6.34. The fourth-order valence-corrected chi connectivity index (χ4v) is 2.56. The molecule has 1 nitrogen and oxygen atoms in total. The van der Waals surface area contributed by atoms with Gasteiger partial charge in [-0.3, -0.25) is 0 Å². The summed E-state index contributed by atoms with van der Waals surface area (Å²) in [6.07, 6.45) is 16.1. The van der Waals surface area contributed by atoms with Gasteiger partial charge in [0, 0.05) is 0 Å². The molecule has 0 aliphatic heterocycles. The Hall–Kier alpha value is -1.34. The maximum atomic E-state index is 8.71. The third-order valence-electron chi connectivity index (χ3n) is 3.61. The average molecular weight is 303 g/mol. The summed E-state index contributed by atoms with van der Waals surface area (Å²) < 4.78 is 0. The van der Waals surface area contributed by atoms with E-state index < -0.39 is 0 Å². The van der Waals surface area contributed by atoms with Gasteiger partial charge in [-0.05, 0) is 59.8 Å². The van der Waals surface area contributed by atoms with E-state index >= 15 is 0 Å². The highest BCUT2D eigenvalue weighted by molar-refractivity contribution is 5.33. The van der Waals surface area contributed by atoms with Gasteiger partial charge in [-0.1, -0.05) is 65.7 Å². The Morgan fingerprint density at radius 3 is 2.09 bits per heavy atom. The summed E-state index contributed by atoms with van der Waals surface area (Å²) >= 11 is 0. The van der Waals surface area contributed by atoms with E-state index in [0.717, 1.165) is 12.8 Å². The molecule has 0 saturated heterocycles. The predicted molar refractivity (Wildman–Crippen MR) is 99.9 cm³/mol. The first-order chi connectivity index (χ1) is 10.4. The van der Waals surface area contributed by atoms with E-state index in [1.807, 2.05) is 6.08 Å². The van der Waals surface area contributed by atoms with E-state index in [9.17, 15) is 0 Å². The normalized spacial score (nSPS) is 16.5. The molecule has 0 spiro atoms. The molecule has 0 saturated carbocycles. The van der Waals surface area contributed by atoms with Crippen molar-refractivity contribution >= 4 is 0 Å². The molecule has 0 fully saturated rings. The monoisotopic (exact) mass is 302 g/mol. The van der Waals surface area contributed by atoms with Gasteiger partial charge in [0.15, 0.2) is 0 Å². The number of hydrogen-bond acceptors (Lipinski definition) is 1. The van der Waals surface area contributed by atoms with Gasteiger partial charge in [0.05, 0.1) is 6.61 Å². The molecule has 0 aromatic carbocycles. The topological polar surface area (TPSA) is 20.2 Å². The number of aliphatic hydroxyl groups excluding tert-OH is 1. The Bertz CT molecular complexity index is 458. The lowest BCUT2D eigenvalue weighted by Crippen LogP contribution is -1.95. The van der Waals surface area contributed by atoms with Crippen molar-refractivity contribution in [2.75, 3.05) is 6.61 Å². The van der Waals surface area contributed by atoms with E-state index in [1.54, 1.807) is 0 Å². The van der Waals surface area contributed by atoms with Gasteiger partial charge in [0.25, 0.3) is 0 Å². The van der Waals surface area contributed by atoms with Crippen molar-refractivity contribution in [2.24, 2.45) is 5.92 Å². The molecule has 0 unspecified atom stereocenters. The Kier molecular flexibility index (Phi) is 11.5. The van der Waals surface area contributed by atoms with Crippen LogP contribution < -0.4 is 0 Å². The minimum Gasteiger partial charge on any atom is -0.392 e. The molecule has 0 aromatic rings. The smallest absolute Gasteiger partial charge is 0.0612 e. The van der Waals surface area contributed by atoms with E-state index in [4.69, 9.17) is 5.11 Å². The summed E-state index contributed by atoms with van der Waals surface area (Å²) in [6, 6.07) is 0. The summed E-state index contributed by atoms with van der Waals surface area (Å²) in [5.74, 6) is 0.675. The van der Waals surface area contributed by atoms with E-state index in [2.05, 4.69) is 71.9 Å². The standard InChI is InChI=1S/C21H34O/c1-7-17(2)13-19(4)15-21(6)16-20(5)14-18(3)11-9-8-10-12-22/h7-8,10,13,15-16,18,22H,9,11-12,14H2,1-6H3/b10-8+,17-7+,19-13+,20-16+,21-15+/t18-/m1/s1. The zero-order chi connectivity index (χ0) is 17.0. The van der Waals surface area contributed by atoms with E-state index in [1.165, 1.54) is 28.7 Å². The SMILES string of the molecule is C/C=C(C)/C=C(C)/C=C(C)/C=C(\C)C[C@H](C)CC/C=C/CO. The second-order valence-electron chi connectivity index (χ2n) is 6.34. The molecule has 0 heterocycles. The fraction of sp³-hybridized carbons (Fsp3) is 0.524. The lowest BCUT2D eigenvalue weighted by Gasteiger charge is -2.10. The summed E-state index contributed by atoms with van der Waals surface area (Å²) in [6.45, 7) is 13.2. The Morgan fingerprint density at radius 1 is 0.909 bits per heavy atom. The van der Waals surface area contributed by atoms with Crippen LogP contribution in [0.2, 0.25) is 0 Å². The van der Waals surface area contributed by atoms with Crippen LogP contribution in [0, 0.1) is 5.92 Å². The molecule has 0 aliphatic carbocycles. The van der Waals surface area contributed by atoms with Gasteiger partial charge in [-0.2, -0.15) is 0 Å². The molecule has 1 heteroatoms. The number of allylic oxidation sites excluding steroid dienone is 9. The van der Waals surface area contributed by atoms with Gasteiger partial charge in [-0.15, -0.1) is 0 Å². The molecule has 0 aliphatic rings. The average Bonchev–Trinajstić information content (AvgIpc) is 2.42. The molecular weight excluding hydrogens is 268 g/mol. The predicted octanol–water partition coefficient (Wildman–Crippen LogP) is 6.15. The minimum atomic E-state index is 0.150. The summed E-state index contributed by atoms with van der Waals surface area (Å²) in [5, 5.41) is 8.71. The highest BCUT2D eigenvalue weighted by Crippen LogP contribution is 2.18. The summed E-state index contributed by atoms with van der Waals surface area (Å²) in [5.41, 5.74) is 5.33. The highest BCUT2D eigenvalue weighted by atomic mass is 16.2. The maximum Gasteiger partial charge on any atom is 0.0612 e. The van der Waals surface area contributed by atoms with Crippen LogP contribution in [-0.2, 0) is 0 Å². The van der Waals surface area contributed by atoms with Crippen molar-refractivity contribution < 1.29 is 5.11 Å². The van der Waals surface area contributed by atoms with Gasteiger partial charge in [-0.25, -0.2) is 0 Å². The van der Waals surface area contributed by atoms with E-state index in [-0.39, 0.29) is 6.61 Å². The van der Waals surface area contributed by atoms with Crippen molar-refractivity contribution in [3.05, 3.63) is 58.7 Å². The van der Waals surface area contributed by atoms with Gasteiger partial charge < -0.3 is 5.11 Å². The Balaban J connectivity index is 4.51. The Labute approximate surface area is 137 Å². The molecule has 1 N–H and O–H groups in total. The molecule has 1 atom stereocenters. The first kappa shape index (κ1) is 20.7. The van der Waals surface area contributed by atoms with Crippen LogP contribution in [0.4, 0.5) is 0 Å². The Morgan fingerprint density at radius 2 is 1.50 bits per heavy atom. The molecule has 124 valence electrons. The summed E-state index contributed by atoms with van der Waals surface area (Å²) in [4.78, 5) is 0. The minimum absolute atomic E-state index is 0.150. The van der Waals surface area contributed by atoms with Crippen LogP contribution in [0.1, 0.15) is 60.8 Å². The molecule has 0 bridgehead atoms. The van der Waals surface area contributed by atoms with Crippen LogP contribution in [0.25, 0.3) is 0 Å². The van der Waals surface area contributed by atoms with Crippen molar-refractivity contribution in [1.29, 1.82) is 0 Å². The van der Waals surface area contributed by atoms with Crippen molar-refractivity contribution in [2.45, 2.75) is 60.8 Å². The number of hydrogen-bond donors (Lipinski definition) is 1. The lowest BCUT2D eigenvalue weighted by atomic mass is 9.96. The van der Waals surface area contributed by atoms with Crippen LogP contribution >= 0.6 is 0 Å². The zero-order valence-corrected chi connectivity index (χ0v) is 15.3. The molecular formula is C21H34O. The van der Waals surface area contributed by atoms with Gasteiger partial charge >= 0.3 is 0 Å². The van der Waals surface area contributed by atoms with Gasteiger partial charge in [0.1, 0.15) is 0 Å². The summed E-state index contributed by atoms with van der Waals surface area (Å²) in [7, 11) is 0. The van der Waals surface area contributed by atoms with Crippen molar-refractivity contribution in [1.82, 2.24) is 0 Å². The number of aliphatic hydroxyl groups is 1. The quantitative estimate of drug-likeness (QED) is 0.400. The van der Waals surface area contributed by atoms with Crippen LogP contribution in [0.15, 0.2) is 58.7 Å². The molecule has 22 heavy (non-hydrogen) atoms. The first-order valence-corrected chi connectivity index (χ1v) is 8.31. The largest absolute Gasteiger partial charge is 0.392 e. The molecule has 0 aromatic heterocycles. The third-order valence-corrected chi connectivity index (χ3v) is 3.61. The number of rotatable bonds is 9. The van der Waals surface area contributed by atoms with Crippen LogP contribution in [-0.4, -0.2) is 11.7 Å². The molecule has 0 radical (unpaired) electrons. The third kappa shape index (κ3) is 11.3. The van der Waals surface area contributed by atoms with Crippen molar-refractivity contribution in [3.63, 3.8) is 0 Å². The highest BCUT2D eigenvalue weighted by Gasteiger charge is 2.02. The molecule has 0 amide bonds. The van der Waals surface area contributed by atoms with Gasteiger partial charge in [0.2, 0.25) is 0 Å². The molecule has 0 rings (SSSR count).